The Bertz CT molecular complexity index is 201. The van der Waals surface area contributed by atoms with Gasteiger partial charge in [-0.25, -0.2) is 0 Å². The summed E-state index contributed by atoms with van der Waals surface area (Å²) in [5.74, 6) is 0.417. The number of rotatable bonds is 3. The van der Waals surface area contributed by atoms with Gasteiger partial charge in [-0.15, -0.1) is 0 Å². The van der Waals surface area contributed by atoms with Crippen molar-refractivity contribution in [2.24, 2.45) is 0 Å². The van der Waals surface area contributed by atoms with Gasteiger partial charge in [0.05, 0.1) is 0 Å². The number of hydrogen-bond donors (Lipinski definition) is 0. The fourth-order valence-corrected chi connectivity index (χ4v) is 1.93. The topological polar surface area (TPSA) is 17.1 Å². The molecule has 0 spiro atoms. The van der Waals surface area contributed by atoms with Crippen LogP contribution in [0.4, 0.5) is 0 Å². The minimum absolute atomic E-state index is 0.417. The van der Waals surface area contributed by atoms with Gasteiger partial charge >= 0.3 is 0 Å². The number of hydrogen-bond acceptors (Lipinski definition) is 1. The Labute approximate surface area is 74.9 Å². The summed E-state index contributed by atoms with van der Waals surface area (Å²) in [6.45, 7) is 4.33. The van der Waals surface area contributed by atoms with Gasteiger partial charge in [0.1, 0.15) is 0 Å². The molecule has 1 aliphatic carbocycles. The van der Waals surface area contributed by atoms with Crippen LogP contribution in [0.1, 0.15) is 52.4 Å². The third kappa shape index (κ3) is 1.96. The maximum Gasteiger partial charge on any atom is 0.158 e. The number of Topliss-reactive ketones (excluding diaryl/α,β-unsaturated/α-hetero) is 1. The van der Waals surface area contributed by atoms with Crippen LogP contribution in [0.25, 0.3) is 0 Å². The lowest BCUT2D eigenvalue weighted by Gasteiger charge is -2.05. The van der Waals surface area contributed by atoms with E-state index in [9.17, 15) is 4.79 Å². The highest BCUT2D eigenvalue weighted by Crippen LogP contribution is 2.27. The van der Waals surface area contributed by atoms with Gasteiger partial charge in [-0.1, -0.05) is 25.8 Å². The molecule has 1 heteroatoms. The number of ketones is 1. The summed E-state index contributed by atoms with van der Waals surface area (Å²) in [4.78, 5) is 11.4. The largest absolute Gasteiger partial charge is 0.295 e. The maximum atomic E-state index is 11.4. The van der Waals surface area contributed by atoms with Crippen molar-refractivity contribution in [3.63, 3.8) is 0 Å². The average Bonchev–Trinajstić information content (AvgIpc) is 2.47. The van der Waals surface area contributed by atoms with E-state index < -0.39 is 0 Å². The Morgan fingerprint density at radius 2 is 2.08 bits per heavy atom. The normalized spacial score (nSPS) is 21.7. The molecule has 1 aliphatic rings. The van der Waals surface area contributed by atoms with Crippen molar-refractivity contribution in [3.8, 4) is 0 Å². The second kappa shape index (κ2) is 4.44. The molecule has 1 nitrogen and oxygen atoms in total. The van der Waals surface area contributed by atoms with Crippen molar-refractivity contribution in [1.82, 2.24) is 0 Å². The molecule has 0 N–H and O–H groups in total. The van der Waals surface area contributed by atoms with Gasteiger partial charge in [0.25, 0.3) is 0 Å². The minimum atomic E-state index is 0.417. The van der Waals surface area contributed by atoms with Gasteiger partial charge in [0.2, 0.25) is 0 Å². The van der Waals surface area contributed by atoms with E-state index >= 15 is 0 Å². The Morgan fingerprint density at radius 1 is 1.33 bits per heavy atom. The summed E-state index contributed by atoms with van der Waals surface area (Å²) < 4.78 is 0. The van der Waals surface area contributed by atoms with Gasteiger partial charge in [-0.3, -0.25) is 4.79 Å². The highest BCUT2D eigenvalue weighted by molar-refractivity contribution is 5.98. The lowest BCUT2D eigenvalue weighted by Crippen LogP contribution is -1.97. The smallest absolute Gasteiger partial charge is 0.158 e. The SMILES string of the molecule is CCCC(CC)=C1CCCC1=O. The lowest BCUT2D eigenvalue weighted by atomic mass is 9.99. The van der Waals surface area contributed by atoms with Gasteiger partial charge in [0.15, 0.2) is 5.78 Å². The summed E-state index contributed by atoms with van der Waals surface area (Å²) in [5, 5.41) is 0. The molecule has 0 amide bonds. The molecule has 0 radical (unpaired) electrons. The van der Waals surface area contributed by atoms with Gasteiger partial charge in [0, 0.05) is 6.42 Å². The van der Waals surface area contributed by atoms with Crippen LogP contribution in [0.3, 0.4) is 0 Å². The van der Waals surface area contributed by atoms with Crippen molar-refractivity contribution in [2.45, 2.75) is 52.4 Å². The minimum Gasteiger partial charge on any atom is -0.295 e. The van der Waals surface area contributed by atoms with E-state index in [0.717, 1.165) is 32.1 Å². The van der Waals surface area contributed by atoms with Crippen LogP contribution >= 0.6 is 0 Å². The molecule has 0 bridgehead atoms. The van der Waals surface area contributed by atoms with Crippen LogP contribution in [0, 0.1) is 0 Å². The van der Waals surface area contributed by atoms with E-state index in [1.54, 1.807) is 0 Å². The zero-order chi connectivity index (χ0) is 8.97. The summed E-state index contributed by atoms with van der Waals surface area (Å²) in [6.07, 6.45) is 6.28. The predicted molar refractivity (Wildman–Crippen MR) is 51.1 cm³/mol. The first-order chi connectivity index (χ1) is 5.79. The van der Waals surface area contributed by atoms with Gasteiger partial charge in [-0.2, -0.15) is 0 Å². The number of allylic oxidation sites excluding steroid dienone is 2. The molecule has 12 heavy (non-hydrogen) atoms. The van der Waals surface area contributed by atoms with Crippen molar-refractivity contribution >= 4 is 5.78 Å². The van der Waals surface area contributed by atoms with Crippen molar-refractivity contribution in [1.29, 1.82) is 0 Å². The molecule has 1 rings (SSSR count). The Balaban J connectivity index is 2.75. The van der Waals surface area contributed by atoms with Crippen LogP contribution in [-0.4, -0.2) is 5.78 Å². The van der Waals surface area contributed by atoms with Crippen molar-refractivity contribution in [3.05, 3.63) is 11.1 Å². The van der Waals surface area contributed by atoms with Crippen molar-refractivity contribution < 1.29 is 4.79 Å². The third-order valence-corrected chi connectivity index (χ3v) is 2.57. The predicted octanol–water partition coefficient (Wildman–Crippen LogP) is 3.25. The summed E-state index contributed by atoms with van der Waals surface area (Å²) >= 11 is 0. The first-order valence-corrected chi connectivity index (χ1v) is 5.03. The first-order valence-electron chi connectivity index (χ1n) is 5.03. The summed E-state index contributed by atoms with van der Waals surface area (Å²) in [6, 6.07) is 0. The average molecular weight is 166 g/mol. The quantitative estimate of drug-likeness (QED) is 0.588. The molecule has 0 aromatic carbocycles. The molecule has 0 unspecified atom stereocenters. The molecule has 0 atom stereocenters. The highest BCUT2D eigenvalue weighted by Gasteiger charge is 2.19. The molecular weight excluding hydrogens is 148 g/mol. The van der Waals surface area contributed by atoms with E-state index in [-0.39, 0.29) is 0 Å². The van der Waals surface area contributed by atoms with E-state index in [1.165, 1.54) is 17.6 Å². The molecule has 1 saturated carbocycles. The standard InChI is InChI=1S/C11H18O/c1-3-6-9(4-2)10-7-5-8-11(10)12/h3-8H2,1-2H3. The van der Waals surface area contributed by atoms with Crippen LogP contribution in [-0.2, 0) is 4.79 Å². The van der Waals surface area contributed by atoms with Crippen LogP contribution < -0.4 is 0 Å². The molecule has 1 fully saturated rings. The second-order valence-corrected chi connectivity index (χ2v) is 3.46. The molecule has 0 aliphatic heterocycles. The molecule has 0 aromatic heterocycles. The number of carbonyl (C=O) groups excluding carboxylic acids is 1. The fourth-order valence-electron chi connectivity index (χ4n) is 1.93. The number of carbonyl (C=O) groups is 1. The monoisotopic (exact) mass is 166 g/mol. The zero-order valence-electron chi connectivity index (χ0n) is 8.15. The molecule has 0 heterocycles. The van der Waals surface area contributed by atoms with Gasteiger partial charge in [-0.05, 0) is 31.3 Å². The van der Waals surface area contributed by atoms with Crippen molar-refractivity contribution in [2.75, 3.05) is 0 Å². The second-order valence-electron chi connectivity index (χ2n) is 3.46. The third-order valence-electron chi connectivity index (χ3n) is 2.57. The lowest BCUT2D eigenvalue weighted by molar-refractivity contribution is -0.114. The Kier molecular flexibility index (Phi) is 3.51. The van der Waals surface area contributed by atoms with Crippen LogP contribution in [0.5, 0.6) is 0 Å². The summed E-state index contributed by atoms with van der Waals surface area (Å²) in [5.41, 5.74) is 2.58. The van der Waals surface area contributed by atoms with E-state index in [2.05, 4.69) is 13.8 Å². The Hall–Kier alpha value is -0.590. The molecular formula is C11H18O. The fraction of sp³-hybridized carbons (Fsp3) is 0.727. The van der Waals surface area contributed by atoms with Gasteiger partial charge < -0.3 is 0 Å². The first kappa shape index (κ1) is 9.50. The van der Waals surface area contributed by atoms with E-state index in [0.29, 0.717) is 5.78 Å². The summed E-state index contributed by atoms with van der Waals surface area (Å²) in [7, 11) is 0. The molecule has 0 saturated heterocycles. The van der Waals surface area contributed by atoms with Crippen LogP contribution in [0.2, 0.25) is 0 Å². The molecule has 0 aromatic rings. The van der Waals surface area contributed by atoms with Crippen LogP contribution in [0.15, 0.2) is 11.1 Å². The zero-order valence-corrected chi connectivity index (χ0v) is 8.15. The molecule has 68 valence electrons. The maximum absolute atomic E-state index is 11.4. The highest BCUT2D eigenvalue weighted by atomic mass is 16.1. The Morgan fingerprint density at radius 3 is 2.50 bits per heavy atom. The van der Waals surface area contributed by atoms with E-state index in [4.69, 9.17) is 0 Å². The van der Waals surface area contributed by atoms with E-state index in [1.807, 2.05) is 0 Å².